The van der Waals surface area contributed by atoms with Crippen LogP contribution in [0.4, 0.5) is 8.78 Å². The van der Waals surface area contributed by atoms with Gasteiger partial charge in [0.25, 0.3) is 0 Å². The van der Waals surface area contributed by atoms with E-state index in [4.69, 9.17) is 4.74 Å². The third-order valence-corrected chi connectivity index (χ3v) is 3.92. The van der Waals surface area contributed by atoms with E-state index < -0.39 is 11.6 Å². The van der Waals surface area contributed by atoms with Gasteiger partial charge in [0.05, 0.1) is 18.0 Å². The smallest absolute Gasteiger partial charge is 0.134 e. The number of hydrogen-bond acceptors (Lipinski definition) is 3. The Labute approximate surface area is 121 Å². The Balaban J connectivity index is 2.41. The zero-order valence-corrected chi connectivity index (χ0v) is 12.3. The highest BCUT2D eigenvalue weighted by molar-refractivity contribution is 7.10. The zero-order valence-electron chi connectivity index (χ0n) is 11.5. The average Bonchev–Trinajstić information content (AvgIpc) is 2.86. The second-order valence-electron chi connectivity index (χ2n) is 4.44. The highest BCUT2D eigenvalue weighted by atomic mass is 32.1. The molecule has 20 heavy (non-hydrogen) atoms. The number of halogens is 2. The van der Waals surface area contributed by atoms with Gasteiger partial charge in [0.15, 0.2) is 0 Å². The minimum absolute atomic E-state index is 0.268. The molecule has 0 fully saturated rings. The van der Waals surface area contributed by atoms with Crippen molar-refractivity contribution in [1.29, 1.82) is 0 Å². The fourth-order valence-electron chi connectivity index (χ4n) is 2.08. The monoisotopic (exact) mass is 297 g/mol. The van der Waals surface area contributed by atoms with E-state index in [0.29, 0.717) is 5.56 Å². The molecule has 0 bridgehead atoms. The van der Waals surface area contributed by atoms with Crippen LogP contribution in [0.15, 0.2) is 29.6 Å². The molecule has 1 heterocycles. The zero-order chi connectivity index (χ0) is 14.5. The minimum Gasteiger partial charge on any atom is -0.496 e. The summed E-state index contributed by atoms with van der Waals surface area (Å²) in [5.74, 6) is -0.411. The Morgan fingerprint density at radius 2 is 1.95 bits per heavy atom. The van der Waals surface area contributed by atoms with Crippen LogP contribution in [-0.4, -0.2) is 13.7 Å². The molecular formula is C15H17F2NOS. The second-order valence-corrected chi connectivity index (χ2v) is 5.39. The highest BCUT2D eigenvalue weighted by Gasteiger charge is 2.20. The Morgan fingerprint density at radius 1 is 1.25 bits per heavy atom. The fraction of sp³-hybridized carbons (Fsp3) is 0.333. The first-order valence-electron chi connectivity index (χ1n) is 6.46. The van der Waals surface area contributed by atoms with Gasteiger partial charge in [0.2, 0.25) is 0 Å². The summed E-state index contributed by atoms with van der Waals surface area (Å²) in [7, 11) is 1.59. The van der Waals surface area contributed by atoms with Gasteiger partial charge in [-0.25, -0.2) is 8.78 Å². The summed E-state index contributed by atoms with van der Waals surface area (Å²) in [6.07, 6.45) is 0.933. The van der Waals surface area contributed by atoms with E-state index in [1.165, 1.54) is 23.5 Å². The minimum atomic E-state index is -0.571. The van der Waals surface area contributed by atoms with E-state index in [1.807, 2.05) is 18.4 Å². The molecule has 1 atom stereocenters. The number of ether oxygens (including phenoxy) is 1. The number of rotatable bonds is 6. The quantitative estimate of drug-likeness (QED) is 0.866. The fourth-order valence-corrected chi connectivity index (χ4v) is 3.04. The lowest BCUT2D eigenvalue weighted by Gasteiger charge is -2.19. The van der Waals surface area contributed by atoms with Gasteiger partial charge in [-0.05, 0) is 42.1 Å². The van der Waals surface area contributed by atoms with Gasteiger partial charge in [-0.1, -0.05) is 6.92 Å². The summed E-state index contributed by atoms with van der Waals surface area (Å²) in [6, 6.07) is 5.18. The maximum Gasteiger partial charge on any atom is 0.134 e. The lowest BCUT2D eigenvalue weighted by molar-refractivity contribution is 0.407. The number of hydrogen-bond donors (Lipinski definition) is 1. The van der Waals surface area contributed by atoms with Crippen LogP contribution in [0.5, 0.6) is 5.75 Å². The first kappa shape index (κ1) is 14.9. The van der Waals surface area contributed by atoms with Crippen molar-refractivity contribution in [3.8, 4) is 5.75 Å². The Kier molecular flexibility index (Phi) is 5.09. The maximum absolute atomic E-state index is 13.4. The highest BCUT2D eigenvalue weighted by Crippen LogP contribution is 2.35. The van der Waals surface area contributed by atoms with E-state index in [2.05, 4.69) is 5.32 Å². The molecule has 5 heteroatoms. The standard InChI is InChI=1S/C15H17F2NOS/c1-3-5-18-14(15-13(19-2)4-6-20-15)10-7-11(16)9-12(17)8-10/h4,6-9,14,18H,3,5H2,1-2H3. The molecule has 1 aromatic carbocycles. The molecule has 0 saturated heterocycles. The van der Waals surface area contributed by atoms with Crippen LogP contribution >= 0.6 is 11.3 Å². The SMILES string of the molecule is CCCNC(c1cc(F)cc(F)c1)c1sccc1OC. The predicted molar refractivity (Wildman–Crippen MR) is 77.4 cm³/mol. The predicted octanol–water partition coefficient (Wildman–Crippen LogP) is 4.12. The summed E-state index contributed by atoms with van der Waals surface area (Å²) in [5.41, 5.74) is 0.566. The molecule has 2 rings (SSSR count). The molecule has 0 saturated carbocycles. The van der Waals surface area contributed by atoms with Crippen molar-refractivity contribution in [3.05, 3.63) is 51.7 Å². The van der Waals surface area contributed by atoms with Crippen LogP contribution in [-0.2, 0) is 0 Å². The summed E-state index contributed by atoms with van der Waals surface area (Å²) in [5, 5.41) is 5.22. The molecule has 0 spiro atoms. The van der Waals surface area contributed by atoms with Gasteiger partial charge in [-0.2, -0.15) is 0 Å². The first-order valence-corrected chi connectivity index (χ1v) is 7.34. The van der Waals surface area contributed by atoms with Crippen molar-refractivity contribution in [2.75, 3.05) is 13.7 Å². The maximum atomic E-state index is 13.4. The Morgan fingerprint density at radius 3 is 2.55 bits per heavy atom. The van der Waals surface area contributed by atoms with Crippen LogP contribution in [0.25, 0.3) is 0 Å². The molecule has 0 aliphatic heterocycles. The number of benzene rings is 1. The Bertz CT molecular complexity index is 551. The molecular weight excluding hydrogens is 280 g/mol. The second kappa shape index (κ2) is 6.81. The van der Waals surface area contributed by atoms with Crippen molar-refractivity contribution < 1.29 is 13.5 Å². The largest absolute Gasteiger partial charge is 0.496 e. The van der Waals surface area contributed by atoms with Crippen LogP contribution in [0.1, 0.15) is 29.8 Å². The molecule has 0 aliphatic rings. The number of methoxy groups -OCH3 is 1. The lowest BCUT2D eigenvalue weighted by atomic mass is 10.0. The Hall–Kier alpha value is -1.46. The van der Waals surface area contributed by atoms with E-state index in [-0.39, 0.29) is 6.04 Å². The van der Waals surface area contributed by atoms with Crippen LogP contribution < -0.4 is 10.1 Å². The molecule has 1 unspecified atom stereocenters. The first-order chi connectivity index (χ1) is 9.65. The van der Waals surface area contributed by atoms with Crippen LogP contribution in [0.2, 0.25) is 0 Å². The molecule has 0 radical (unpaired) electrons. The van der Waals surface area contributed by atoms with E-state index in [1.54, 1.807) is 7.11 Å². The summed E-state index contributed by atoms with van der Waals surface area (Å²) < 4.78 is 32.2. The van der Waals surface area contributed by atoms with Crippen molar-refractivity contribution in [3.63, 3.8) is 0 Å². The van der Waals surface area contributed by atoms with Crippen LogP contribution in [0.3, 0.4) is 0 Å². The number of nitrogens with one attached hydrogen (secondary N) is 1. The normalized spacial score (nSPS) is 12.4. The molecule has 2 aromatic rings. The van der Waals surface area contributed by atoms with Gasteiger partial charge < -0.3 is 10.1 Å². The van der Waals surface area contributed by atoms with E-state index in [0.717, 1.165) is 29.7 Å². The van der Waals surface area contributed by atoms with Gasteiger partial charge in [0, 0.05) is 6.07 Å². The molecule has 108 valence electrons. The summed E-state index contributed by atoms with van der Waals surface area (Å²) >= 11 is 1.51. The van der Waals surface area contributed by atoms with Gasteiger partial charge in [-0.3, -0.25) is 0 Å². The van der Waals surface area contributed by atoms with Gasteiger partial charge in [0.1, 0.15) is 17.4 Å². The lowest BCUT2D eigenvalue weighted by Crippen LogP contribution is -2.23. The number of thiophene rings is 1. The topological polar surface area (TPSA) is 21.3 Å². The van der Waals surface area contributed by atoms with Gasteiger partial charge >= 0.3 is 0 Å². The molecule has 0 amide bonds. The van der Waals surface area contributed by atoms with Crippen molar-refractivity contribution >= 4 is 11.3 Å². The van der Waals surface area contributed by atoms with Crippen molar-refractivity contribution in [2.45, 2.75) is 19.4 Å². The molecule has 1 N–H and O–H groups in total. The molecule has 2 nitrogen and oxygen atoms in total. The van der Waals surface area contributed by atoms with E-state index in [9.17, 15) is 8.78 Å². The third kappa shape index (κ3) is 3.35. The van der Waals surface area contributed by atoms with Gasteiger partial charge in [-0.15, -0.1) is 11.3 Å². The van der Waals surface area contributed by atoms with Crippen molar-refractivity contribution in [2.24, 2.45) is 0 Å². The summed E-state index contributed by atoms with van der Waals surface area (Å²) in [6.45, 7) is 2.80. The summed E-state index contributed by atoms with van der Waals surface area (Å²) in [4.78, 5) is 0.922. The van der Waals surface area contributed by atoms with Crippen molar-refractivity contribution in [1.82, 2.24) is 5.32 Å². The van der Waals surface area contributed by atoms with E-state index >= 15 is 0 Å². The third-order valence-electron chi connectivity index (χ3n) is 2.96. The average molecular weight is 297 g/mol. The van der Waals surface area contributed by atoms with Crippen LogP contribution in [0, 0.1) is 11.6 Å². The molecule has 1 aromatic heterocycles. The molecule has 0 aliphatic carbocycles.